The summed E-state index contributed by atoms with van der Waals surface area (Å²) in [5, 5.41) is 22.2. The fourth-order valence-electron chi connectivity index (χ4n) is 2.48. The lowest BCUT2D eigenvalue weighted by atomic mass is 9.84. The predicted octanol–water partition coefficient (Wildman–Crippen LogP) is -0.299. The molecular formula is C11H18N6O2. The van der Waals surface area contributed by atoms with E-state index in [0.29, 0.717) is 25.9 Å². The number of amides is 1. The van der Waals surface area contributed by atoms with Crippen molar-refractivity contribution < 1.29 is 10.0 Å². The van der Waals surface area contributed by atoms with Crippen LogP contribution in [-0.4, -0.2) is 38.5 Å². The Morgan fingerprint density at radius 3 is 2.84 bits per heavy atom. The van der Waals surface area contributed by atoms with Crippen molar-refractivity contribution in [1.82, 2.24) is 20.3 Å². The summed E-state index contributed by atoms with van der Waals surface area (Å²) >= 11 is 0. The third-order valence-corrected chi connectivity index (χ3v) is 3.59. The Kier molecular flexibility index (Phi) is 3.98. The van der Waals surface area contributed by atoms with Gasteiger partial charge in [0, 0.05) is 12.7 Å². The molecule has 1 saturated carbocycles. The van der Waals surface area contributed by atoms with E-state index in [1.54, 1.807) is 17.1 Å². The number of hydrogen-bond donors (Lipinski definition) is 3. The lowest BCUT2D eigenvalue weighted by Gasteiger charge is -2.25. The van der Waals surface area contributed by atoms with Crippen molar-refractivity contribution >= 4 is 11.7 Å². The van der Waals surface area contributed by atoms with Crippen molar-refractivity contribution in [3.63, 3.8) is 0 Å². The smallest absolute Gasteiger partial charge is 0.234 e. The van der Waals surface area contributed by atoms with Crippen LogP contribution in [0.15, 0.2) is 17.5 Å². The van der Waals surface area contributed by atoms with E-state index in [1.165, 1.54) is 0 Å². The molecule has 1 aliphatic carbocycles. The number of nitrogens with zero attached hydrogens (tertiary/aromatic N) is 4. The average molecular weight is 266 g/mol. The molecule has 0 atom stereocenters. The quantitative estimate of drug-likeness (QED) is 0.293. The van der Waals surface area contributed by atoms with Gasteiger partial charge in [0.15, 0.2) is 5.84 Å². The van der Waals surface area contributed by atoms with E-state index in [4.69, 9.17) is 10.9 Å². The second kappa shape index (κ2) is 5.68. The van der Waals surface area contributed by atoms with Crippen molar-refractivity contribution in [3.8, 4) is 0 Å². The first-order valence-corrected chi connectivity index (χ1v) is 6.29. The number of nitrogens with one attached hydrogen (secondary N) is 1. The van der Waals surface area contributed by atoms with Gasteiger partial charge in [-0.25, -0.2) is 0 Å². The van der Waals surface area contributed by atoms with Gasteiger partial charge < -0.3 is 16.3 Å². The topological polar surface area (TPSA) is 118 Å². The van der Waals surface area contributed by atoms with Crippen LogP contribution in [0.5, 0.6) is 0 Å². The van der Waals surface area contributed by atoms with Gasteiger partial charge >= 0.3 is 0 Å². The van der Waals surface area contributed by atoms with Gasteiger partial charge in [0.1, 0.15) is 5.41 Å². The largest absolute Gasteiger partial charge is 0.409 e. The van der Waals surface area contributed by atoms with Gasteiger partial charge in [-0.1, -0.05) is 23.2 Å². The molecule has 0 spiro atoms. The van der Waals surface area contributed by atoms with E-state index < -0.39 is 5.41 Å². The van der Waals surface area contributed by atoms with Crippen LogP contribution >= 0.6 is 0 Å². The summed E-state index contributed by atoms with van der Waals surface area (Å²) in [5.74, 6) is -0.177. The minimum Gasteiger partial charge on any atom is -0.409 e. The number of carbonyl (C=O) groups is 1. The summed E-state index contributed by atoms with van der Waals surface area (Å²) in [7, 11) is 0. The zero-order valence-corrected chi connectivity index (χ0v) is 10.6. The van der Waals surface area contributed by atoms with Gasteiger partial charge in [-0.15, -0.1) is 5.10 Å². The molecular weight excluding hydrogens is 248 g/mol. The molecule has 0 aliphatic heterocycles. The molecule has 0 bridgehead atoms. The van der Waals surface area contributed by atoms with Crippen LogP contribution in [0.1, 0.15) is 25.7 Å². The molecule has 19 heavy (non-hydrogen) atoms. The standard InChI is InChI=1S/C11H18N6O2/c12-9(15-19)11(3-1-2-4-11)10(18)13-5-7-17-8-6-14-16-17/h6,8,19H,1-5,7H2,(H2,12,15)(H,13,18). The van der Waals surface area contributed by atoms with Gasteiger partial charge in [-0.05, 0) is 12.8 Å². The Hall–Kier alpha value is -2.12. The van der Waals surface area contributed by atoms with E-state index in [1.807, 2.05) is 0 Å². The highest BCUT2D eigenvalue weighted by Crippen LogP contribution is 2.38. The predicted molar refractivity (Wildman–Crippen MR) is 67.3 cm³/mol. The first-order chi connectivity index (χ1) is 9.19. The number of rotatable bonds is 5. The van der Waals surface area contributed by atoms with Crippen molar-refractivity contribution in [2.75, 3.05) is 6.54 Å². The zero-order valence-electron chi connectivity index (χ0n) is 10.6. The summed E-state index contributed by atoms with van der Waals surface area (Å²) in [5.41, 5.74) is 4.84. The van der Waals surface area contributed by atoms with Crippen molar-refractivity contribution in [1.29, 1.82) is 0 Å². The highest BCUT2D eigenvalue weighted by molar-refractivity contribution is 6.07. The van der Waals surface area contributed by atoms with Crippen LogP contribution in [0.4, 0.5) is 0 Å². The van der Waals surface area contributed by atoms with E-state index in [2.05, 4.69) is 20.8 Å². The third-order valence-electron chi connectivity index (χ3n) is 3.59. The maximum absolute atomic E-state index is 12.3. The second-order valence-corrected chi connectivity index (χ2v) is 4.70. The molecule has 0 aromatic carbocycles. The Balaban J connectivity index is 1.93. The van der Waals surface area contributed by atoms with Crippen LogP contribution < -0.4 is 11.1 Å². The molecule has 1 fully saturated rings. The molecule has 2 rings (SSSR count). The molecule has 104 valence electrons. The minimum absolute atomic E-state index is 0.00301. The van der Waals surface area contributed by atoms with Crippen molar-refractivity contribution in [2.45, 2.75) is 32.2 Å². The molecule has 8 heteroatoms. The Morgan fingerprint density at radius 1 is 1.53 bits per heavy atom. The van der Waals surface area contributed by atoms with Crippen LogP contribution in [0.2, 0.25) is 0 Å². The Bertz CT molecular complexity index is 450. The lowest BCUT2D eigenvalue weighted by molar-refractivity contribution is -0.127. The molecule has 0 unspecified atom stereocenters. The summed E-state index contributed by atoms with van der Waals surface area (Å²) in [6.07, 6.45) is 6.37. The molecule has 1 aromatic heterocycles. The first-order valence-electron chi connectivity index (χ1n) is 6.29. The molecule has 0 radical (unpaired) electrons. The van der Waals surface area contributed by atoms with Crippen LogP contribution in [-0.2, 0) is 11.3 Å². The Labute approximate surface area is 110 Å². The highest BCUT2D eigenvalue weighted by Gasteiger charge is 2.45. The number of hydrogen-bond acceptors (Lipinski definition) is 5. The van der Waals surface area contributed by atoms with Gasteiger partial charge in [-0.2, -0.15) is 0 Å². The molecule has 1 aromatic rings. The van der Waals surface area contributed by atoms with Gasteiger partial charge in [0.05, 0.1) is 12.7 Å². The van der Waals surface area contributed by atoms with E-state index in [9.17, 15) is 4.79 Å². The third kappa shape index (κ3) is 2.67. The van der Waals surface area contributed by atoms with Gasteiger partial charge in [0.2, 0.25) is 5.91 Å². The van der Waals surface area contributed by atoms with E-state index in [0.717, 1.165) is 12.8 Å². The molecule has 1 aliphatic rings. The molecule has 8 nitrogen and oxygen atoms in total. The van der Waals surface area contributed by atoms with Gasteiger partial charge in [-0.3, -0.25) is 9.48 Å². The number of amidine groups is 1. The SMILES string of the molecule is N/C(=N/O)C1(C(=O)NCCn2ccnn2)CCCC1. The van der Waals surface area contributed by atoms with Crippen LogP contribution in [0.3, 0.4) is 0 Å². The number of carbonyl (C=O) groups excluding carboxylic acids is 1. The van der Waals surface area contributed by atoms with Crippen molar-refractivity contribution in [2.24, 2.45) is 16.3 Å². The Morgan fingerprint density at radius 2 is 2.26 bits per heavy atom. The lowest BCUT2D eigenvalue weighted by Crippen LogP contribution is -2.48. The normalized spacial score (nSPS) is 18.4. The van der Waals surface area contributed by atoms with Gasteiger partial charge in [0.25, 0.3) is 0 Å². The molecule has 1 heterocycles. The van der Waals surface area contributed by atoms with E-state index in [-0.39, 0.29) is 11.7 Å². The minimum atomic E-state index is -0.850. The van der Waals surface area contributed by atoms with Crippen LogP contribution in [0, 0.1) is 5.41 Å². The number of oxime groups is 1. The maximum Gasteiger partial charge on any atom is 0.234 e. The maximum atomic E-state index is 12.3. The van der Waals surface area contributed by atoms with Crippen LogP contribution in [0.25, 0.3) is 0 Å². The fourth-order valence-corrected chi connectivity index (χ4v) is 2.48. The number of aromatic nitrogens is 3. The average Bonchev–Trinajstić information content (AvgIpc) is 3.09. The highest BCUT2D eigenvalue weighted by atomic mass is 16.4. The first kappa shape index (κ1) is 13.3. The number of nitrogens with two attached hydrogens (primary N) is 1. The summed E-state index contributed by atoms with van der Waals surface area (Å²) in [6.45, 7) is 0.973. The molecule has 4 N–H and O–H groups in total. The fraction of sp³-hybridized carbons (Fsp3) is 0.636. The summed E-state index contributed by atoms with van der Waals surface area (Å²) < 4.78 is 1.63. The molecule has 0 saturated heterocycles. The van der Waals surface area contributed by atoms with E-state index >= 15 is 0 Å². The molecule has 1 amide bonds. The monoisotopic (exact) mass is 266 g/mol. The zero-order chi connectivity index (χ0) is 13.7. The van der Waals surface area contributed by atoms with Crippen molar-refractivity contribution in [3.05, 3.63) is 12.4 Å². The summed E-state index contributed by atoms with van der Waals surface area (Å²) in [4.78, 5) is 12.3. The second-order valence-electron chi connectivity index (χ2n) is 4.70. The summed E-state index contributed by atoms with van der Waals surface area (Å²) in [6, 6.07) is 0.